The molecule has 3 atom stereocenters. The summed E-state index contributed by atoms with van der Waals surface area (Å²) < 4.78 is 12.6. The normalized spacial score (nSPS) is 21.9. The zero-order chi connectivity index (χ0) is 23.5. The number of amides is 1. The Hall–Kier alpha value is -3.07. The van der Waals surface area contributed by atoms with Crippen LogP contribution in [0.3, 0.4) is 0 Å². The van der Waals surface area contributed by atoms with E-state index in [0.717, 1.165) is 31.2 Å². The first-order valence-corrected chi connectivity index (χ1v) is 12.7. The van der Waals surface area contributed by atoms with E-state index in [1.54, 1.807) is 11.2 Å². The molecular formula is C25H28N4O4S. The lowest BCUT2D eigenvalue weighted by atomic mass is 9.85. The zero-order valence-electron chi connectivity index (χ0n) is 19.1. The molecule has 0 bridgehead atoms. The van der Waals surface area contributed by atoms with Crippen LogP contribution in [0.15, 0.2) is 58.3 Å². The first-order chi connectivity index (χ1) is 16.7. The fourth-order valence-electron chi connectivity index (χ4n) is 5.26. The summed E-state index contributed by atoms with van der Waals surface area (Å²) in [5.74, 6) is 1.42. The number of furan rings is 1. The highest BCUT2D eigenvalue weighted by Crippen LogP contribution is 2.40. The molecule has 3 unspecified atom stereocenters. The zero-order valence-corrected chi connectivity index (χ0v) is 19.9. The monoisotopic (exact) mass is 480 g/mol. The lowest BCUT2D eigenvalue weighted by Gasteiger charge is -2.33. The minimum absolute atomic E-state index is 0.0522. The molecule has 1 aliphatic heterocycles. The quantitative estimate of drug-likeness (QED) is 0.373. The molecule has 9 heteroatoms. The summed E-state index contributed by atoms with van der Waals surface area (Å²) in [6, 6.07) is 13.3. The third-order valence-corrected chi connectivity index (χ3v) is 7.77. The van der Waals surface area contributed by atoms with Gasteiger partial charge in [-0.2, -0.15) is 0 Å². The van der Waals surface area contributed by atoms with Crippen molar-refractivity contribution in [1.82, 2.24) is 19.7 Å². The standard InChI is InChI=1S/C25H28N4O4S/c1-32-24(31)20-14-18-10-5-6-11-19(18)29(20)22(30)16-34-25-27-26-23(21-12-7-13-33-21)28(25)15-17-8-3-2-4-9-17/h2-4,7-9,12-13,18-20H,5-6,10-11,14-16H2,1H3. The molecule has 2 aromatic heterocycles. The molecule has 3 aromatic rings. The Bertz CT molecular complexity index is 1130. The highest BCUT2D eigenvalue weighted by atomic mass is 32.2. The third-order valence-electron chi connectivity index (χ3n) is 6.82. The molecule has 0 radical (unpaired) electrons. The van der Waals surface area contributed by atoms with Gasteiger partial charge in [-0.1, -0.05) is 54.9 Å². The first kappa shape index (κ1) is 22.7. The van der Waals surface area contributed by atoms with E-state index >= 15 is 0 Å². The number of hydrogen-bond donors (Lipinski definition) is 0. The van der Waals surface area contributed by atoms with Crippen LogP contribution in [0, 0.1) is 5.92 Å². The number of benzene rings is 1. The van der Waals surface area contributed by atoms with Gasteiger partial charge in [0, 0.05) is 6.04 Å². The Morgan fingerprint density at radius 3 is 2.71 bits per heavy atom. The fraction of sp³-hybridized carbons (Fsp3) is 0.440. The van der Waals surface area contributed by atoms with Gasteiger partial charge < -0.3 is 14.1 Å². The lowest BCUT2D eigenvalue weighted by molar-refractivity contribution is -0.151. The van der Waals surface area contributed by atoms with E-state index in [0.29, 0.717) is 35.6 Å². The summed E-state index contributed by atoms with van der Waals surface area (Å²) in [4.78, 5) is 27.7. The molecule has 0 N–H and O–H groups in total. The highest BCUT2D eigenvalue weighted by Gasteiger charge is 2.47. The number of aromatic nitrogens is 3. The van der Waals surface area contributed by atoms with Gasteiger partial charge in [0.25, 0.3) is 0 Å². The molecule has 2 fully saturated rings. The van der Waals surface area contributed by atoms with Crippen molar-refractivity contribution >= 4 is 23.6 Å². The molecule has 2 aliphatic rings. The summed E-state index contributed by atoms with van der Waals surface area (Å²) >= 11 is 1.34. The third kappa shape index (κ3) is 4.49. The van der Waals surface area contributed by atoms with E-state index in [9.17, 15) is 9.59 Å². The molecule has 0 spiro atoms. The Morgan fingerprint density at radius 1 is 1.12 bits per heavy atom. The van der Waals surface area contributed by atoms with Crippen LogP contribution in [0.25, 0.3) is 11.6 Å². The highest BCUT2D eigenvalue weighted by molar-refractivity contribution is 7.99. The average Bonchev–Trinajstić information content (AvgIpc) is 3.61. The Kier molecular flexibility index (Phi) is 6.71. The minimum atomic E-state index is -0.493. The number of esters is 1. The largest absolute Gasteiger partial charge is 0.467 e. The van der Waals surface area contributed by atoms with Gasteiger partial charge in [-0.15, -0.1) is 10.2 Å². The van der Waals surface area contributed by atoms with Gasteiger partial charge in [-0.05, 0) is 42.9 Å². The molecule has 3 heterocycles. The maximum Gasteiger partial charge on any atom is 0.328 e. The number of fused-ring (bicyclic) bond motifs is 1. The topological polar surface area (TPSA) is 90.5 Å². The number of thioether (sulfide) groups is 1. The molecule has 5 rings (SSSR count). The molecular weight excluding hydrogens is 452 g/mol. The first-order valence-electron chi connectivity index (χ1n) is 11.7. The number of carbonyl (C=O) groups excluding carboxylic acids is 2. The predicted molar refractivity (Wildman–Crippen MR) is 127 cm³/mol. The van der Waals surface area contributed by atoms with Crippen molar-refractivity contribution in [2.75, 3.05) is 12.9 Å². The van der Waals surface area contributed by atoms with Crippen molar-refractivity contribution in [2.45, 2.75) is 55.9 Å². The number of likely N-dealkylation sites (tertiary alicyclic amines) is 1. The van der Waals surface area contributed by atoms with E-state index in [1.807, 2.05) is 47.0 Å². The van der Waals surface area contributed by atoms with E-state index in [4.69, 9.17) is 9.15 Å². The fourth-order valence-corrected chi connectivity index (χ4v) is 6.07. The van der Waals surface area contributed by atoms with Gasteiger partial charge in [-0.3, -0.25) is 9.36 Å². The van der Waals surface area contributed by atoms with Crippen LogP contribution < -0.4 is 0 Å². The average molecular weight is 481 g/mol. The van der Waals surface area contributed by atoms with E-state index in [-0.39, 0.29) is 23.7 Å². The molecule has 8 nitrogen and oxygen atoms in total. The van der Waals surface area contributed by atoms with E-state index in [1.165, 1.54) is 18.9 Å². The molecule has 1 saturated heterocycles. The number of ether oxygens (including phenoxy) is 1. The van der Waals surface area contributed by atoms with Crippen molar-refractivity contribution < 1.29 is 18.7 Å². The van der Waals surface area contributed by atoms with Crippen molar-refractivity contribution in [3.05, 3.63) is 54.3 Å². The van der Waals surface area contributed by atoms with Crippen LogP contribution in [0.2, 0.25) is 0 Å². The molecule has 1 saturated carbocycles. The maximum absolute atomic E-state index is 13.4. The Balaban J connectivity index is 1.37. The van der Waals surface area contributed by atoms with Crippen LogP contribution in [0.1, 0.15) is 37.7 Å². The van der Waals surface area contributed by atoms with Crippen LogP contribution in [-0.2, 0) is 20.9 Å². The number of rotatable bonds is 7. The van der Waals surface area contributed by atoms with Crippen LogP contribution in [0.5, 0.6) is 0 Å². The summed E-state index contributed by atoms with van der Waals surface area (Å²) in [5, 5.41) is 9.36. The molecule has 1 amide bonds. The van der Waals surface area contributed by atoms with Crippen LogP contribution in [-0.4, -0.2) is 56.5 Å². The van der Waals surface area contributed by atoms with Gasteiger partial charge in [0.15, 0.2) is 10.9 Å². The molecule has 34 heavy (non-hydrogen) atoms. The second-order valence-corrected chi connectivity index (χ2v) is 9.77. The lowest BCUT2D eigenvalue weighted by Crippen LogP contribution is -2.47. The Labute approximate surface area is 202 Å². The molecule has 178 valence electrons. The smallest absolute Gasteiger partial charge is 0.328 e. The Morgan fingerprint density at radius 2 is 1.94 bits per heavy atom. The second-order valence-electron chi connectivity index (χ2n) is 8.83. The van der Waals surface area contributed by atoms with Crippen LogP contribution in [0.4, 0.5) is 0 Å². The van der Waals surface area contributed by atoms with Crippen molar-refractivity contribution in [1.29, 1.82) is 0 Å². The summed E-state index contributed by atoms with van der Waals surface area (Å²) in [6.07, 6.45) is 6.55. The summed E-state index contributed by atoms with van der Waals surface area (Å²) in [6.45, 7) is 0.555. The van der Waals surface area contributed by atoms with Gasteiger partial charge in [0.2, 0.25) is 11.7 Å². The minimum Gasteiger partial charge on any atom is -0.467 e. The van der Waals surface area contributed by atoms with Crippen molar-refractivity contribution in [2.24, 2.45) is 5.92 Å². The van der Waals surface area contributed by atoms with Crippen molar-refractivity contribution in [3.63, 3.8) is 0 Å². The maximum atomic E-state index is 13.4. The number of methoxy groups -OCH3 is 1. The number of hydrogen-bond acceptors (Lipinski definition) is 7. The SMILES string of the molecule is COC(=O)C1CC2CCCCC2N1C(=O)CSc1nnc(-c2ccco2)n1Cc1ccccc1. The van der Waals surface area contributed by atoms with Crippen LogP contribution >= 0.6 is 11.8 Å². The molecule has 1 aromatic carbocycles. The van der Waals surface area contributed by atoms with Gasteiger partial charge in [0.1, 0.15) is 6.04 Å². The molecule has 1 aliphatic carbocycles. The number of carbonyl (C=O) groups is 2. The van der Waals surface area contributed by atoms with E-state index < -0.39 is 6.04 Å². The second kappa shape index (κ2) is 10.0. The summed E-state index contributed by atoms with van der Waals surface area (Å²) in [5.41, 5.74) is 1.10. The number of nitrogens with zero attached hydrogens (tertiary/aromatic N) is 4. The summed E-state index contributed by atoms with van der Waals surface area (Å²) in [7, 11) is 1.39. The predicted octanol–water partition coefficient (Wildman–Crippen LogP) is 4.01. The van der Waals surface area contributed by atoms with E-state index in [2.05, 4.69) is 10.2 Å². The van der Waals surface area contributed by atoms with Gasteiger partial charge >= 0.3 is 5.97 Å². The van der Waals surface area contributed by atoms with Crippen molar-refractivity contribution in [3.8, 4) is 11.6 Å². The van der Waals surface area contributed by atoms with Gasteiger partial charge in [-0.25, -0.2) is 4.79 Å². The van der Waals surface area contributed by atoms with Gasteiger partial charge in [0.05, 0.1) is 25.7 Å².